The summed E-state index contributed by atoms with van der Waals surface area (Å²) < 4.78 is 0. The van der Waals surface area contributed by atoms with Crippen molar-refractivity contribution in [1.82, 2.24) is 4.90 Å². The van der Waals surface area contributed by atoms with E-state index in [1.807, 2.05) is 0 Å². The molecule has 26 heavy (non-hydrogen) atoms. The van der Waals surface area contributed by atoms with E-state index < -0.39 is 0 Å². The van der Waals surface area contributed by atoms with Gasteiger partial charge in [0.15, 0.2) is 0 Å². The summed E-state index contributed by atoms with van der Waals surface area (Å²) in [5.41, 5.74) is 0. The molecule has 0 rings (SSSR count). The minimum atomic E-state index is 0. The predicted molar refractivity (Wildman–Crippen MR) is 127 cm³/mol. The van der Waals surface area contributed by atoms with Crippen LogP contribution in [-0.2, 0) is 0 Å². The number of hydrogen-bond donors (Lipinski definition) is 0. The lowest BCUT2D eigenvalue weighted by molar-refractivity contribution is 0.0835. The Morgan fingerprint density at radius 1 is 0.462 bits per heavy atom. The molecule has 2 heteroatoms. The van der Waals surface area contributed by atoms with Crippen LogP contribution >= 0.6 is 17.0 Å². The van der Waals surface area contributed by atoms with Crippen LogP contribution in [0.5, 0.6) is 0 Å². The monoisotopic (exact) mass is 433 g/mol. The van der Waals surface area contributed by atoms with Crippen molar-refractivity contribution in [2.24, 2.45) is 0 Å². The predicted octanol–water partition coefficient (Wildman–Crippen LogP) is 8.94. The summed E-state index contributed by atoms with van der Waals surface area (Å²) in [5, 5.41) is 0. The molecule has 0 aromatic rings. The number of nitrogens with zero attached hydrogens (tertiary/aromatic N) is 1. The molecular weight excluding hydrogens is 382 g/mol. The van der Waals surface area contributed by atoms with Crippen LogP contribution in [0.15, 0.2) is 0 Å². The third kappa shape index (κ3) is 14.5. The zero-order chi connectivity index (χ0) is 18.9. The van der Waals surface area contributed by atoms with Gasteiger partial charge in [0.05, 0.1) is 0 Å². The topological polar surface area (TPSA) is 3.24 Å². The fourth-order valence-electron chi connectivity index (χ4n) is 4.35. The molecule has 0 heterocycles. The largest absolute Gasteiger partial charge is 0.295 e. The highest BCUT2D eigenvalue weighted by Gasteiger charge is 2.24. The molecule has 0 spiro atoms. The molecule has 3 atom stereocenters. The van der Waals surface area contributed by atoms with E-state index in [4.69, 9.17) is 0 Å². The van der Waals surface area contributed by atoms with Gasteiger partial charge in [-0.1, -0.05) is 97.8 Å². The molecule has 0 N–H and O–H groups in total. The van der Waals surface area contributed by atoms with Crippen LogP contribution in [0.2, 0.25) is 0 Å². The smallest absolute Gasteiger partial charge is 0.00725 e. The molecule has 0 aliphatic rings. The summed E-state index contributed by atoms with van der Waals surface area (Å²) in [4.78, 5) is 2.89. The van der Waals surface area contributed by atoms with E-state index in [2.05, 4.69) is 46.4 Å². The first-order chi connectivity index (χ1) is 12.1. The third-order valence-electron chi connectivity index (χ3n) is 5.95. The van der Waals surface area contributed by atoms with Crippen molar-refractivity contribution in [2.45, 2.75) is 156 Å². The van der Waals surface area contributed by atoms with Crippen LogP contribution < -0.4 is 0 Å². The van der Waals surface area contributed by atoms with Crippen LogP contribution in [0.3, 0.4) is 0 Å². The van der Waals surface area contributed by atoms with Gasteiger partial charge in [-0.3, -0.25) is 4.90 Å². The van der Waals surface area contributed by atoms with Gasteiger partial charge < -0.3 is 0 Å². The van der Waals surface area contributed by atoms with E-state index in [-0.39, 0.29) is 17.0 Å². The second-order valence-electron chi connectivity index (χ2n) is 8.54. The molecule has 0 radical (unpaired) electrons. The average Bonchev–Trinajstić information content (AvgIpc) is 2.59. The summed E-state index contributed by atoms with van der Waals surface area (Å²) in [5.74, 6) is 0. The molecule has 0 saturated carbocycles. The van der Waals surface area contributed by atoms with Gasteiger partial charge in [-0.15, -0.1) is 17.0 Å². The van der Waals surface area contributed by atoms with Crippen molar-refractivity contribution < 1.29 is 0 Å². The molecule has 0 aromatic carbocycles. The SMILES string of the molecule is Br.CCCCCCC(C)N(C(C)CCCCCC)C(C)CCCCCC. The Labute approximate surface area is 177 Å². The fraction of sp³-hybridized carbons (Fsp3) is 1.00. The van der Waals surface area contributed by atoms with E-state index >= 15 is 0 Å². The third-order valence-corrected chi connectivity index (χ3v) is 5.95. The zero-order valence-electron chi connectivity index (χ0n) is 19.2. The molecular formula is C24H52BrN. The Hall–Kier alpha value is 0.440. The van der Waals surface area contributed by atoms with Crippen LogP contribution in [-0.4, -0.2) is 23.0 Å². The first-order valence-corrected chi connectivity index (χ1v) is 11.9. The zero-order valence-corrected chi connectivity index (χ0v) is 20.9. The lowest BCUT2D eigenvalue weighted by Crippen LogP contribution is -2.46. The Balaban J connectivity index is 0. The van der Waals surface area contributed by atoms with Gasteiger partial charge in [0.2, 0.25) is 0 Å². The molecule has 3 unspecified atom stereocenters. The fourth-order valence-corrected chi connectivity index (χ4v) is 4.35. The van der Waals surface area contributed by atoms with E-state index in [9.17, 15) is 0 Å². The van der Waals surface area contributed by atoms with E-state index in [0.717, 1.165) is 18.1 Å². The standard InChI is InChI=1S/C24H51N.BrH/c1-7-10-13-16-19-22(4)25(23(5)20-17-14-11-8-2)24(6)21-18-15-12-9-3;/h22-24H,7-21H2,1-6H3;1H. The average molecular weight is 435 g/mol. The van der Waals surface area contributed by atoms with Crippen LogP contribution in [0.1, 0.15) is 138 Å². The summed E-state index contributed by atoms with van der Waals surface area (Å²) in [6.07, 6.45) is 20.9. The summed E-state index contributed by atoms with van der Waals surface area (Å²) in [6.45, 7) is 14.4. The highest BCUT2D eigenvalue weighted by atomic mass is 79.9. The molecule has 0 aliphatic carbocycles. The van der Waals surface area contributed by atoms with Gasteiger partial charge in [0.25, 0.3) is 0 Å². The molecule has 0 fully saturated rings. The number of hydrogen-bond acceptors (Lipinski definition) is 1. The minimum Gasteiger partial charge on any atom is -0.295 e. The molecule has 0 aromatic heterocycles. The molecule has 1 nitrogen and oxygen atoms in total. The van der Waals surface area contributed by atoms with Crippen LogP contribution in [0.4, 0.5) is 0 Å². The van der Waals surface area contributed by atoms with Gasteiger partial charge in [-0.25, -0.2) is 0 Å². The summed E-state index contributed by atoms with van der Waals surface area (Å²) in [6, 6.07) is 2.25. The van der Waals surface area contributed by atoms with Gasteiger partial charge in [0, 0.05) is 18.1 Å². The molecule has 0 aliphatic heterocycles. The molecule has 0 amide bonds. The van der Waals surface area contributed by atoms with Crippen molar-refractivity contribution in [3.63, 3.8) is 0 Å². The quantitative estimate of drug-likeness (QED) is 0.195. The van der Waals surface area contributed by atoms with Crippen LogP contribution in [0.25, 0.3) is 0 Å². The Kier molecular flexibility index (Phi) is 22.2. The van der Waals surface area contributed by atoms with E-state index in [1.54, 1.807) is 0 Å². The number of rotatable bonds is 18. The molecule has 0 saturated heterocycles. The number of halogens is 1. The highest BCUT2D eigenvalue weighted by molar-refractivity contribution is 8.93. The maximum absolute atomic E-state index is 2.89. The van der Waals surface area contributed by atoms with Crippen molar-refractivity contribution >= 4 is 17.0 Å². The maximum atomic E-state index is 2.89. The maximum Gasteiger partial charge on any atom is 0.00725 e. The van der Waals surface area contributed by atoms with Crippen molar-refractivity contribution in [1.29, 1.82) is 0 Å². The lowest BCUT2D eigenvalue weighted by Gasteiger charge is -2.40. The van der Waals surface area contributed by atoms with Crippen molar-refractivity contribution in [2.75, 3.05) is 0 Å². The highest BCUT2D eigenvalue weighted by Crippen LogP contribution is 2.23. The number of unbranched alkanes of at least 4 members (excludes halogenated alkanes) is 9. The Morgan fingerprint density at radius 2 is 0.731 bits per heavy atom. The molecule has 0 bridgehead atoms. The Bertz CT molecular complexity index is 226. The first kappa shape index (κ1) is 28.6. The summed E-state index contributed by atoms with van der Waals surface area (Å²) in [7, 11) is 0. The Morgan fingerprint density at radius 3 is 0.962 bits per heavy atom. The van der Waals surface area contributed by atoms with Gasteiger partial charge in [0.1, 0.15) is 0 Å². The van der Waals surface area contributed by atoms with Gasteiger partial charge in [-0.05, 0) is 40.0 Å². The van der Waals surface area contributed by atoms with Crippen LogP contribution in [0, 0.1) is 0 Å². The normalized spacial score (nSPS) is 14.9. The molecule has 160 valence electrons. The van der Waals surface area contributed by atoms with Crippen molar-refractivity contribution in [3.8, 4) is 0 Å². The first-order valence-electron chi connectivity index (χ1n) is 11.9. The minimum absolute atomic E-state index is 0. The lowest BCUT2D eigenvalue weighted by atomic mass is 9.98. The van der Waals surface area contributed by atoms with E-state index in [0.29, 0.717) is 0 Å². The van der Waals surface area contributed by atoms with Gasteiger partial charge in [-0.2, -0.15) is 0 Å². The summed E-state index contributed by atoms with van der Waals surface area (Å²) >= 11 is 0. The second kappa shape index (κ2) is 20.2. The van der Waals surface area contributed by atoms with Crippen molar-refractivity contribution in [3.05, 3.63) is 0 Å². The van der Waals surface area contributed by atoms with Gasteiger partial charge >= 0.3 is 0 Å². The second-order valence-corrected chi connectivity index (χ2v) is 8.54. The van der Waals surface area contributed by atoms with E-state index in [1.165, 1.54) is 96.3 Å².